The smallest absolute Gasteiger partial charge is 0.246 e. The molecule has 1 fully saturated rings. The van der Waals surface area contributed by atoms with E-state index in [0.29, 0.717) is 19.1 Å². The largest absolute Gasteiger partial charge is 0.370 e. The van der Waals surface area contributed by atoms with Crippen molar-refractivity contribution in [3.05, 3.63) is 0 Å². The summed E-state index contributed by atoms with van der Waals surface area (Å²) in [6, 6.07) is 0. The normalized spacial score (nSPS) is 18.2. The van der Waals surface area contributed by atoms with Gasteiger partial charge in [-0.1, -0.05) is 6.92 Å². The van der Waals surface area contributed by atoms with Crippen LogP contribution in [0.2, 0.25) is 0 Å². The van der Waals surface area contributed by atoms with Crippen molar-refractivity contribution >= 4 is 5.91 Å². The van der Waals surface area contributed by atoms with Gasteiger partial charge in [-0.2, -0.15) is 0 Å². The van der Waals surface area contributed by atoms with Crippen LogP contribution in [0.1, 0.15) is 19.8 Å². The molecule has 5 heteroatoms. The minimum Gasteiger partial charge on any atom is -0.370 e. The Balaban J connectivity index is 2.01. The van der Waals surface area contributed by atoms with Gasteiger partial charge < -0.3 is 20.7 Å². The molecule has 0 aliphatic carbocycles. The van der Waals surface area contributed by atoms with Crippen molar-refractivity contribution in [1.29, 1.82) is 0 Å². The quantitative estimate of drug-likeness (QED) is 0.580. The van der Waals surface area contributed by atoms with Gasteiger partial charge in [0.05, 0.1) is 6.61 Å². The molecule has 1 amide bonds. The third kappa shape index (κ3) is 6.61. The first kappa shape index (κ1) is 14.4. The van der Waals surface area contributed by atoms with Crippen molar-refractivity contribution in [3.8, 4) is 0 Å². The summed E-state index contributed by atoms with van der Waals surface area (Å²) >= 11 is 0. The van der Waals surface area contributed by atoms with Crippen LogP contribution < -0.4 is 11.1 Å². The minimum absolute atomic E-state index is 0.0493. The standard InChI is InChI=1S/C12H25N3O2/c1-11(9-15-5-2-3-6-15)8-14-12(16)10-17-7-4-13/h11H,2-10,13H2,1H3,(H,14,16). The third-order valence-electron chi connectivity index (χ3n) is 2.91. The summed E-state index contributed by atoms with van der Waals surface area (Å²) in [4.78, 5) is 13.8. The predicted octanol–water partition coefficient (Wildman–Crippen LogP) is -0.190. The monoisotopic (exact) mass is 243 g/mol. The predicted molar refractivity (Wildman–Crippen MR) is 67.7 cm³/mol. The Kier molecular flexibility index (Phi) is 7.16. The number of amides is 1. The van der Waals surface area contributed by atoms with Crippen molar-refractivity contribution in [3.63, 3.8) is 0 Å². The molecule has 5 nitrogen and oxygen atoms in total. The Bertz CT molecular complexity index is 218. The zero-order chi connectivity index (χ0) is 12.5. The van der Waals surface area contributed by atoms with Crippen LogP contribution in [0.15, 0.2) is 0 Å². The molecule has 3 N–H and O–H groups in total. The number of ether oxygens (including phenoxy) is 1. The lowest BCUT2D eigenvalue weighted by atomic mass is 10.1. The number of rotatable bonds is 8. The summed E-state index contributed by atoms with van der Waals surface area (Å²) in [5.41, 5.74) is 5.27. The van der Waals surface area contributed by atoms with E-state index in [9.17, 15) is 4.79 Å². The lowest BCUT2D eigenvalue weighted by Gasteiger charge is -2.20. The van der Waals surface area contributed by atoms with E-state index in [-0.39, 0.29) is 12.5 Å². The first-order valence-electron chi connectivity index (χ1n) is 6.49. The summed E-state index contributed by atoms with van der Waals surface area (Å²) in [6.07, 6.45) is 2.62. The van der Waals surface area contributed by atoms with Crippen LogP contribution in [0, 0.1) is 5.92 Å². The molecule has 1 heterocycles. The van der Waals surface area contributed by atoms with Crippen LogP contribution in [0.25, 0.3) is 0 Å². The fourth-order valence-corrected chi connectivity index (χ4v) is 2.06. The molecule has 1 saturated heterocycles. The van der Waals surface area contributed by atoms with Crippen LogP contribution in [0.5, 0.6) is 0 Å². The maximum Gasteiger partial charge on any atom is 0.246 e. The first-order valence-corrected chi connectivity index (χ1v) is 6.49. The second kappa shape index (κ2) is 8.44. The molecular formula is C12H25N3O2. The second-order valence-corrected chi connectivity index (χ2v) is 4.76. The highest BCUT2D eigenvalue weighted by Crippen LogP contribution is 2.09. The fraction of sp³-hybridized carbons (Fsp3) is 0.917. The Labute approximate surface area is 104 Å². The van der Waals surface area contributed by atoms with E-state index in [1.807, 2.05) is 0 Å². The van der Waals surface area contributed by atoms with E-state index in [1.165, 1.54) is 25.9 Å². The van der Waals surface area contributed by atoms with Crippen LogP contribution in [0.4, 0.5) is 0 Å². The van der Waals surface area contributed by atoms with Gasteiger partial charge in [-0.3, -0.25) is 4.79 Å². The third-order valence-corrected chi connectivity index (χ3v) is 2.91. The van der Waals surface area contributed by atoms with Gasteiger partial charge in [0.25, 0.3) is 0 Å². The molecule has 1 aliphatic heterocycles. The lowest BCUT2D eigenvalue weighted by molar-refractivity contribution is -0.125. The molecule has 1 aliphatic rings. The van der Waals surface area contributed by atoms with E-state index in [0.717, 1.165) is 13.1 Å². The van der Waals surface area contributed by atoms with Gasteiger partial charge in [0, 0.05) is 19.6 Å². The number of nitrogens with zero attached hydrogens (tertiary/aromatic N) is 1. The Hall–Kier alpha value is -0.650. The van der Waals surface area contributed by atoms with E-state index in [2.05, 4.69) is 17.1 Å². The van der Waals surface area contributed by atoms with Gasteiger partial charge in [-0.05, 0) is 31.8 Å². The molecule has 0 saturated carbocycles. The average Bonchev–Trinajstić information content (AvgIpc) is 2.79. The number of nitrogens with two attached hydrogens (primary N) is 1. The van der Waals surface area contributed by atoms with Crippen LogP contribution in [-0.4, -0.2) is 56.7 Å². The molecule has 0 aromatic rings. The topological polar surface area (TPSA) is 67.6 Å². The molecule has 1 rings (SSSR count). The van der Waals surface area contributed by atoms with Crippen LogP contribution >= 0.6 is 0 Å². The SMILES string of the molecule is CC(CNC(=O)COCCN)CN1CCCC1. The summed E-state index contributed by atoms with van der Waals surface area (Å²) < 4.78 is 5.06. The molecule has 1 atom stereocenters. The molecule has 0 aromatic carbocycles. The highest BCUT2D eigenvalue weighted by molar-refractivity contribution is 5.77. The van der Waals surface area contributed by atoms with Gasteiger partial charge >= 0.3 is 0 Å². The first-order chi connectivity index (χ1) is 8.22. The number of carbonyl (C=O) groups is 1. The maximum absolute atomic E-state index is 11.4. The van der Waals surface area contributed by atoms with Crippen molar-refractivity contribution in [1.82, 2.24) is 10.2 Å². The van der Waals surface area contributed by atoms with Crippen molar-refractivity contribution in [2.24, 2.45) is 11.7 Å². The summed E-state index contributed by atoms with van der Waals surface area (Å²) in [7, 11) is 0. The summed E-state index contributed by atoms with van der Waals surface area (Å²) in [6.45, 7) is 7.39. The van der Waals surface area contributed by atoms with E-state index < -0.39 is 0 Å². The lowest BCUT2D eigenvalue weighted by Crippen LogP contribution is -2.36. The van der Waals surface area contributed by atoms with E-state index >= 15 is 0 Å². The highest BCUT2D eigenvalue weighted by atomic mass is 16.5. The van der Waals surface area contributed by atoms with Crippen molar-refractivity contribution < 1.29 is 9.53 Å². The highest BCUT2D eigenvalue weighted by Gasteiger charge is 2.14. The van der Waals surface area contributed by atoms with Gasteiger partial charge in [-0.25, -0.2) is 0 Å². The van der Waals surface area contributed by atoms with Gasteiger partial charge in [-0.15, -0.1) is 0 Å². The van der Waals surface area contributed by atoms with E-state index in [1.54, 1.807) is 0 Å². The zero-order valence-electron chi connectivity index (χ0n) is 10.8. The number of carbonyl (C=O) groups excluding carboxylic acids is 1. The van der Waals surface area contributed by atoms with Crippen LogP contribution in [-0.2, 0) is 9.53 Å². The molecular weight excluding hydrogens is 218 g/mol. The minimum atomic E-state index is -0.0493. The molecule has 17 heavy (non-hydrogen) atoms. The van der Waals surface area contributed by atoms with Gasteiger partial charge in [0.15, 0.2) is 0 Å². The molecule has 0 bridgehead atoms. The van der Waals surface area contributed by atoms with Crippen molar-refractivity contribution in [2.45, 2.75) is 19.8 Å². The molecule has 0 radical (unpaired) electrons. The second-order valence-electron chi connectivity index (χ2n) is 4.76. The molecule has 0 spiro atoms. The summed E-state index contributed by atoms with van der Waals surface area (Å²) in [5, 5.41) is 2.88. The fourth-order valence-electron chi connectivity index (χ4n) is 2.06. The Morgan fingerprint density at radius 3 is 2.82 bits per heavy atom. The maximum atomic E-state index is 11.4. The zero-order valence-corrected chi connectivity index (χ0v) is 10.8. The Morgan fingerprint density at radius 2 is 2.18 bits per heavy atom. The van der Waals surface area contributed by atoms with Gasteiger partial charge in [0.1, 0.15) is 6.61 Å². The molecule has 0 aromatic heterocycles. The average molecular weight is 243 g/mol. The number of likely N-dealkylation sites (tertiary alicyclic amines) is 1. The Morgan fingerprint density at radius 1 is 1.47 bits per heavy atom. The molecule has 100 valence electrons. The van der Waals surface area contributed by atoms with Crippen molar-refractivity contribution in [2.75, 3.05) is 45.9 Å². The van der Waals surface area contributed by atoms with Gasteiger partial charge in [0.2, 0.25) is 5.91 Å². The molecule has 1 unspecified atom stereocenters. The number of nitrogens with one attached hydrogen (secondary N) is 1. The van der Waals surface area contributed by atoms with Crippen LogP contribution in [0.3, 0.4) is 0 Å². The van der Waals surface area contributed by atoms with E-state index in [4.69, 9.17) is 10.5 Å². The summed E-state index contributed by atoms with van der Waals surface area (Å²) in [5.74, 6) is 0.443. The number of hydrogen-bond acceptors (Lipinski definition) is 4. The number of hydrogen-bond donors (Lipinski definition) is 2.